The second-order valence-corrected chi connectivity index (χ2v) is 8.55. The third-order valence-corrected chi connectivity index (χ3v) is 5.76. The molecule has 3 heterocycles. The number of nitrogens with two attached hydrogens (primary N) is 1. The summed E-state index contributed by atoms with van der Waals surface area (Å²) < 4.78 is 21.1. The smallest absolute Gasteiger partial charge is 0.269 e. The van der Waals surface area contributed by atoms with Crippen LogP contribution in [0.5, 0.6) is 0 Å². The van der Waals surface area contributed by atoms with Crippen molar-refractivity contribution in [1.82, 2.24) is 14.8 Å². The summed E-state index contributed by atoms with van der Waals surface area (Å²) in [5.74, 6) is -0.414. The highest BCUT2D eigenvalue weighted by Gasteiger charge is 2.21. The third kappa shape index (κ3) is 4.26. The van der Waals surface area contributed by atoms with E-state index < -0.39 is 18.2 Å². The summed E-state index contributed by atoms with van der Waals surface area (Å²) in [7, 11) is 0. The highest BCUT2D eigenvalue weighted by Crippen LogP contribution is 2.32. The van der Waals surface area contributed by atoms with Gasteiger partial charge in [0.15, 0.2) is 17.4 Å². The molecule has 0 aliphatic carbocycles. The van der Waals surface area contributed by atoms with Crippen molar-refractivity contribution in [2.75, 3.05) is 5.32 Å². The van der Waals surface area contributed by atoms with Gasteiger partial charge in [0.25, 0.3) is 5.91 Å². The first kappa shape index (κ1) is 23.4. The summed E-state index contributed by atoms with van der Waals surface area (Å²) in [6.07, 6.45) is 1.63. The zero-order valence-electron chi connectivity index (χ0n) is 19.0. The van der Waals surface area contributed by atoms with Crippen LogP contribution in [0.2, 0.25) is 5.15 Å². The van der Waals surface area contributed by atoms with Gasteiger partial charge in [0, 0.05) is 17.3 Å². The minimum Gasteiger partial charge on any atom is -0.455 e. The molecule has 0 bridgehead atoms. The number of aryl methyl sites for hydroxylation is 1. The molecular weight excluding hydrogens is 461 g/mol. The molecule has 10 heteroatoms. The van der Waals surface area contributed by atoms with Crippen molar-refractivity contribution < 1.29 is 13.6 Å². The van der Waals surface area contributed by atoms with Crippen molar-refractivity contribution >= 4 is 34.2 Å². The number of halogens is 2. The molecule has 3 aromatic heterocycles. The summed E-state index contributed by atoms with van der Waals surface area (Å²) in [5.41, 5.74) is 8.47. The summed E-state index contributed by atoms with van der Waals surface area (Å²) in [6, 6.07) is 6.41. The van der Waals surface area contributed by atoms with Gasteiger partial charge in [-0.3, -0.25) is 9.59 Å². The van der Waals surface area contributed by atoms with Gasteiger partial charge in [-0.25, -0.2) is 14.1 Å². The fourth-order valence-electron chi connectivity index (χ4n) is 3.87. The number of hydrogen-bond donors (Lipinski definition) is 2. The average molecular weight is 484 g/mol. The van der Waals surface area contributed by atoms with Crippen molar-refractivity contribution in [2.45, 2.75) is 40.0 Å². The number of carbonyl (C=O) groups excluding carboxylic acids is 1. The van der Waals surface area contributed by atoms with Crippen LogP contribution in [0.1, 0.15) is 53.4 Å². The van der Waals surface area contributed by atoms with Crippen LogP contribution in [-0.2, 0) is 0 Å². The molecule has 0 saturated heterocycles. The number of pyridine rings is 1. The van der Waals surface area contributed by atoms with Crippen LogP contribution in [0.25, 0.3) is 22.3 Å². The van der Waals surface area contributed by atoms with E-state index in [1.54, 1.807) is 25.1 Å². The Morgan fingerprint density at radius 3 is 2.65 bits per heavy atom. The number of alkyl halides is 1. The van der Waals surface area contributed by atoms with Gasteiger partial charge in [-0.1, -0.05) is 17.7 Å². The number of carbonyl (C=O) groups is 1. The Labute approximate surface area is 199 Å². The van der Waals surface area contributed by atoms with E-state index in [9.17, 15) is 14.0 Å². The van der Waals surface area contributed by atoms with Crippen molar-refractivity contribution in [3.63, 3.8) is 0 Å². The minimum atomic E-state index is -1.32. The highest BCUT2D eigenvalue weighted by atomic mass is 35.5. The zero-order valence-corrected chi connectivity index (χ0v) is 19.8. The molecule has 1 aromatic carbocycles. The van der Waals surface area contributed by atoms with Gasteiger partial charge in [-0.05, 0) is 51.5 Å². The lowest BCUT2D eigenvalue weighted by molar-refractivity contribution is 0.0996. The van der Waals surface area contributed by atoms with E-state index in [0.717, 1.165) is 10.2 Å². The first-order valence-corrected chi connectivity index (χ1v) is 10.9. The summed E-state index contributed by atoms with van der Waals surface area (Å²) in [5, 5.41) is 7.78. The van der Waals surface area contributed by atoms with E-state index in [1.807, 2.05) is 19.9 Å². The Morgan fingerprint density at radius 2 is 2.00 bits per heavy atom. The molecule has 1 unspecified atom stereocenters. The number of fused-ring (bicyclic) bond motifs is 1. The van der Waals surface area contributed by atoms with Crippen LogP contribution in [0, 0.1) is 13.8 Å². The van der Waals surface area contributed by atoms with Gasteiger partial charge < -0.3 is 15.5 Å². The molecule has 4 aromatic rings. The van der Waals surface area contributed by atoms with Gasteiger partial charge in [0.2, 0.25) is 0 Å². The minimum absolute atomic E-state index is 0.00190. The van der Waals surface area contributed by atoms with Crippen molar-refractivity contribution in [3.05, 3.63) is 74.4 Å². The SMILES string of the molecule is Cc1cc([C@@H](C)Nc2ccc(Cl)nc2C(N)=O)c2oc(-c3cnn(C(C)F)c3)c(C)c(=O)c2c1. The number of nitrogens with zero attached hydrogens (tertiary/aromatic N) is 3. The average Bonchev–Trinajstić information content (AvgIpc) is 3.27. The van der Waals surface area contributed by atoms with Crippen molar-refractivity contribution in [3.8, 4) is 11.3 Å². The number of anilines is 1. The van der Waals surface area contributed by atoms with E-state index >= 15 is 0 Å². The molecule has 1 amide bonds. The lowest BCUT2D eigenvalue weighted by atomic mass is 9.99. The Bertz CT molecular complexity index is 1480. The molecule has 0 fully saturated rings. The topological polar surface area (TPSA) is 116 Å². The Morgan fingerprint density at radius 1 is 1.26 bits per heavy atom. The number of aromatic nitrogens is 3. The molecule has 8 nitrogen and oxygen atoms in total. The van der Waals surface area contributed by atoms with Gasteiger partial charge in [-0.2, -0.15) is 5.10 Å². The van der Waals surface area contributed by atoms with Crippen LogP contribution < -0.4 is 16.5 Å². The number of hydrogen-bond acceptors (Lipinski definition) is 6. The van der Waals surface area contributed by atoms with Crippen molar-refractivity contribution in [2.24, 2.45) is 5.73 Å². The maximum Gasteiger partial charge on any atom is 0.269 e. The molecule has 0 saturated carbocycles. The summed E-state index contributed by atoms with van der Waals surface area (Å²) in [4.78, 5) is 29.1. The van der Waals surface area contributed by atoms with Gasteiger partial charge in [0.05, 0.1) is 28.9 Å². The number of primary amides is 1. The Balaban J connectivity index is 1.87. The van der Waals surface area contributed by atoms with Gasteiger partial charge >= 0.3 is 0 Å². The molecule has 4 rings (SSSR count). The van der Waals surface area contributed by atoms with Crippen LogP contribution in [0.15, 0.2) is 45.9 Å². The molecule has 2 atom stereocenters. The van der Waals surface area contributed by atoms with E-state index in [-0.39, 0.29) is 16.3 Å². The number of nitrogens with one attached hydrogen (secondary N) is 1. The largest absolute Gasteiger partial charge is 0.455 e. The molecule has 0 radical (unpaired) electrons. The zero-order chi connectivity index (χ0) is 24.7. The molecule has 176 valence electrons. The highest BCUT2D eigenvalue weighted by molar-refractivity contribution is 6.29. The first-order valence-electron chi connectivity index (χ1n) is 10.6. The monoisotopic (exact) mass is 483 g/mol. The van der Waals surface area contributed by atoms with Crippen LogP contribution in [-0.4, -0.2) is 20.7 Å². The molecule has 0 aliphatic heterocycles. The van der Waals surface area contributed by atoms with E-state index in [4.69, 9.17) is 21.8 Å². The molecular formula is C24H23ClFN5O3. The second-order valence-electron chi connectivity index (χ2n) is 8.16. The molecule has 3 N–H and O–H groups in total. The predicted octanol–water partition coefficient (Wildman–Crippen LogP) is 5.08. The lowest BCUT2D eigenvalue weighted by Gasteiger charge is -2.19. The van der Waals surface area contributed by atoms with Crippen LogP contribution >= 0.6 is 11.6 Å². The molecule has 0 spiro atoms. The van der Waals surface area contributed by atoms with Crippen LogP contribution in [0.3, 0.4) is 0 Å². The number of amides is 1. The van der Waals surface area contributed by atoms with Crippen molar-refractivity contribution in [1.29, 1.82) is 0 Å². The maximum absolute atomic E-state index is 13.7. The summed E-state index contributed by atoms with van der Waals surface area (Å²) >= 11 is 5.92. The quantitative estimate of drug-likeness (QED) is 0.369. The Kier molecular flexibility index (Phi) is 6.14. The molecule has 0 aliphatic rings. The lowest BCUT2D eigenvalue weighted by Crippen LogP contribution is -2.18. The van der Waals surface area contributed by atoms with E-state index in [0.29, 0.717) is 39.1 Å². The fraction of sp³-hybridized carbons (Fsp3) is 0.250. The van der Waals surface area contributed by atoms with E-state index in [2.05, 4.69) is 15.4 Å². The fourth-order valence-corrected chi connectivity index (χ4v) is 4.01. The van der Waals surface area contributed by atoms with Gasteiger partial charge in [0.1, 0.15) is 16.5 Å². The van der Waals surface area contributed by atoms with Gasteiger partial charge in [-0.15, -0.1) is 0 Å². The van der Waals surface area contributed by atoms with E-state index in [1.165, 1.54) is 19.3 Å². The second kappa shape index (κ2) is 8.90. The Hall–Kier alpha value is -3.72. The number of benzene rings is 1. The first-order chi connectivity index (χ1) is 16.1. The normalized spacial score (nSPS) is 13.1. The third-order valence-electron chi connectivity index (χ3n) is 5.55. The van der Waals surface area contributed by atoms with Crippen LogP contribution in [0.4, 0.5) is 10.1 Å². The standard InChI is InChI=1S/C24H23ClFN5O3/c1-11-7-16(13(3)29-18-5-6-19(25)30-20(18)24(27)33)23-17(8-11)21(32)12(2)22(34-23)15-9-28-31(10-15)14(4)26/h5-10,13-14,29H,1-4H3,(H2,27,33)/t13-,14?/m1/s1. The molecule has 34 heavy (non-hydrogen) atoms. The number of rotatable bonds is 6. The predicted molar refractivity (Wildman–Crippen MR) is 129 cm³/mol. The maximum atomic E-state index is 13.7. The summed E-state index contributed by atoms with van der Waals surface area (Å²) in [6.45, 7) is 6.76.